The number of piperazine rings is 1. The molecule has 0 radical (unpaired) electrons. The molecule has 0 bridgehead atoms. The predicted molar refractivity (Wildman–Crippen MR) is 175 cm³/mol. The van der Waals surface area contributed by atoms with E-state index in [0.717, 1.165) is 46.7 Å². The van der Waals surface area contributed by atoms with Gasteiger partial charge in [0.25, 0.3) is 0 Å². The maximum Gasteiger partial charge on any atom is 0.410 e. The minimum atomic E-state index is -0.520. The highest BCUT2D eigenvalue weighted by Gasteiger charge is 2.30. The van der Waals surface area contributed by atoms with Crippen molar-refractivity contribution in [1.82, 2.24) is 29.4 Å². The van der Waals surface area contributed by atoms with Crippen molar-refractivity contribution in [2.45, 2.75) is 66.2 Å². The highest BCUT2D eigenvalue weighted by atomic mass is 16.6. The van der Waals surface area contributed by atoms with Gasteiger partial charge in [-0.3, -0.25) is 0 Å². The number of pyridine rings is 1. The number of aryl methyl sites for hydroxylation is 2. The summed E-state index contributed by atoms with van der Waals surface area (Å²) in [6, 6.07) is 15.1. The molecule has 0 spiro atoms. The van der Waals surface area contributed by atoms with E-state index in [1.165, 1.54) is 22.2 Å². The highest BCUT2D eigenvalue weighted by molar-refractivity contribution is 5.92. The van der Waals surface area contributed by atoms with Crippen molar-refractivity contribution < 1.29 is 9.53 Å². The average Bonchev–Trinajstić information content (AvgIpc) is 3.40. The van der Waals surface area contributed by atoms with Crippen LogP contribution in [0, 0.1) is 6.92 Å². The molecule has 0 aliphatic carbocycles. The molecule has 6 rings (SSSR count). The Kier molecular flexibility index (Phi) is 7.84. The van der Waals surface area contributed by atoms with Crippen LogP contribution >= 0.6 is 0 Å². The Bertz CT molecular complexity index is 1830. The van der Waals surface area contributed by atoms with Crippen molar-refractivity contribution in [1.29, 1.82) is 0 Å². The minimum Gasteiger partial charge on any atom is -0.444 e. The van der Waals surface area contributed by atoms with E-state index in [-0.39, 0.29) is 12.1 Å². The van der Waals surface area contributed by atoms with E-state index in [9.17, 15) is 4.79 Å². The van der Waals surface area contributed by atoms with E-state index >= 15 is 0 Å². The lowest BCUT2D eigenvalue weighted by Crippen LogP contribution is -2.54. The second-order valence-corrected chi connectivity index (χ2v) is 12.5. The molecule has 1 saturated heterocycles. The van der Waals surface area contributed by atoms with Gasteiger partial charge < -0.3 is 24.4 Å². The topological polar surface area (TPSA) is 101 Å². The molecule has 5 aromatic rings. The lowest BCUT2D eigenvalue weighted by atomic mass is 9.99. The van der Waals surface area contributed by atoms with Crippen LogP contribution < -0.4 is 10.2 Å². The Hall–Kier alpha value is -4.73. The number of carbonyl (C=O) groups excluding carboxylic acids is 1. The fourth-order valence-corrected chi connectivity index (χ4v) is 5.79. The zero-order valence-corrected chi connectivity index (χ0v) is 26.3. The number of imidazole rings is 1. The first-order chi connectivity index (χ1) is 21.1. The summed E-state index contributed by atoms with van der Waals surface area (Å²) in [5, 5.41) is 4.41. The van der Waals surface area contributed by atoms with E-state index in [1.807, 2.05) is 33.2 Å². The Morgan fingerprint density at radius 3 is 2.61 bits per heavy atom. The molecule has 0 unspecified atom stereocenters. The van der Waals surface area contributed by atoms with Gasteiger partial charge >= 0.3 is 6.09 Å². The molecule has 1 N–H and O–H groups in total. The SMILES string of the molecule is CCn1cnc2cc(Cc3ccc(Nc4ncnc5cnc(N6CCN(C(=O)OC(C)(C)C)C[C@@H]6C)cc45)cc3C)ccc21. The lowest BCUT2D eigenvalue weighted by Gasteiger charge is -2.40. The standard InChI is InChI=1S/C34H40N8O2/c1-7-40-21-38-28-16-24(8-11-30(28)40)15-25-9-10-26(14-22(25)2)39-32-27-17-31(35-18-29(27)36-20-37-32)42-13-12-41(19-23(42)3)33(43)44-34(4,5)6/h8-11,14,16-18,20-21,23H,7,12-13,15,19H2,1-6H3,(H,36,37,39)/t23-/m0/s1. The van der Waals surface area contributed by atoms with Crippen molar-refractivity contribution in [3.05, 3.63) is 78.0 Å². The van der Waals surface area contributed by atoms with Crippen LogP contribution in [0.25, 0.3) is 21.9 Å². The molecule has 0 saturated carbocycles. The molecule has 2 aromatic carbocycles. The number of hydrogen-bond acceptors (Lipinski definition) is 8. The second-order valence-electron chi connectivity index (χ2n) is 12.5. The molecular weight excluding hydrogens is 552 g/mol. The molecule has 4 heterocycles. The number of hydrogen-bond donors (Lipinski definition) is 1. The fourth-order valence-electron chi connectivity index (χ4n) is 5.79. The van der Waals surface area contributed by atoms with E-state index in [0.29, 0.717) is 19.6 Å². The third-order valence-electron chi connectivity index (χ3n) is 8.11. The first-order valence-corrected chi connectivity index (χ1v) is 15.2. The summed E-state index contributed by atoms with van der Waals surface area (Å²) in [5.74, 6) is 1.56. The van der Waals surface area contributed by atoms with Crippen LogP contribution in [-0.4, -0.2) is 66.8 Å². The predicted octanol–water partition coefficient (Wildman–Crippen LogP) is 6.48. The molecular formula is C34H40N8O2. The number of anilines is 3. The van der Waals surface area contributed by atoms with Crippen LogP contribution in [0.1, 0.15) is 51.3 Å². The number of benzene rings is 2. The number of rotatable bonds is 6. The van der Waals surface area contributed by atoms with Crippen molar-refractivity contribution >= 4 is 45.4 Å². The number of nitrogens with zero attached hydrogens (tertiary/aromatic N) is 7. The van der Waals surface area contributed by atoms with Gasteiger partial charge in [0.05, 0.1) is 29.1 Å². The van der Waals surface area contributed by atoms with Gasteiger partial charge in [0, 0.05) is 43.3 Å². The quantitative estimate of drug-likeness (QED) is 0.239. The molecule has 1 aliphatic heterocycles. The first-order valence-electron chi connectivity index (χ1n) is 15.2. The summed E-state index contributed by atoms with van der Waals surface area (Å²) >= 11 is 0. The lowest BCUT2D eigenvalue weighted by molar-refractivity contribution is 0.0218. The Balaban J connectivity index is 1.18. The molecule has 10 nitrogen and oxygen atoms in total. The second kappa shape index (κ2) is 11.7. The van der Waals surface area contributed by atoms with Gasteiger partial charge in [-0.1, -0.05) is 12.1 Å². The third-order valence-corrected chi connectivity index (χ3v) is 8.11. The average molecular weight is 593 g/mol. The Labute approximate surface area is 258 Å². The van der Waals surface area contributed by atoms with E-state index in [2.05, 4.69) is 86.9 Å². The monoisotopic (exact) mass is 592 g/mol. The zero-order valence-electron chi connectivity index (χ0n) is 26.3. The van der Waals surface area contributed by atoms with Crippen molar-refractivity contribution in [3.8, 4) is 0 Å². The molecule has 1 atom stereocenters. The number of ether oxygens (including phenoxy) is 1. The molecule has 228 valence electrons. The molecule has 10 heteroatoms. The van der Waals surface area contributed by atoms with Gasteiger partial charge in [-0.15, -0.1) is 0 Å². The largest absolute Gasteiger partial charge is 0.444 e. The smallest absolute Gasteiger partial charge is 0.410 e. The van der Waals surface area contributed by atoms with Gasteiger partial charge in [-0.2, -0.15) is 0 Å². The molecule has 1 fully saturated rings. The van der Waals surface area contributed by atoms with Crippen molar-refractivity contribution in [3.63, 3.8) is 0 Å². The molecule has 1 amide bonds. The number of aromatic nitrogens is 5. The summed E-state index contributed by atoms with van der Waals surface area (Å²) in [7, 11) is 0. The summed E-state index contributed by atoms with van der Waals surface area (Å²) in [4.78, 5) is 35.0. The summed E-state index contributed by atoms with van der Waals surface area (Å²) in [6.07, 6.45) is 5.82. The van der Waals surface area contributed by atoms with Crippen LogP contribution in [-0.2, 0) is 17.7 Å². The van der Waals surface area contributed by atoms with Gasteiger partial charge in [0.1, 0.15) is 23.6 Å². The number of amides is 1. The molecule has 44 heavy (non-hydrogen) atoms. The van der Waals surface area contributed by atoms with E-state index in [4.69, 9.17) is 9.72 Å². The van der Waals surface area contributed by atoms with Crippen molar-refractivity contribution in [2.24, 2.45) is 0 Å². The summed E-state index contributed by atoms with van der Waals surface area (Å²) < 4.78 is 7.75. The van der Waals surface area contributed by atoms with Crippen LogP contribution in [0.2, 0.25) is 0 Å². The molecule has 3 aromatic heterocycles. The zero-order chi connectivity index (χ0) is 31.0. The Morgan fingerprint density at radius 2 is 1.86 bits per heavy atom. The van der Waals surface area contributed by atoms with E-state index < -0.39 is 5.60 Å². The maximum absolute atomic E-state index is 12.6. The van der Waals surface area contributed by atoms with Gasteiger partial charge in [-0.05, 0) is 95.0 Å². The first kappa shape index (κ1) is 29.3. The molecule has 1 aliphatic rings. The summed E-state index contributed by atoms with van der Waals surface area (Å²) in [5.41, 5.74) is 7.11. The van der Waals surface area contributed by atoms with Crippen molar-refractivity contribution in [2.75, 3.05) is 29.9 Å². The number of nitrogens with one attached hydrogen (secondary N) is 1. The summed E-state index contributed by atoms with van der Waals surface area (Å²) in [6.45, 7) is 14.7. The van der Waals surface area contributed by atoms with E-state index in [1.54, 1.807) is 17.4 Å². The van der Waals surface area contributed by atoms with Crippen LogP contribution in [0.15, 0.2) is 61.3 Å². The maximum atomic E-state index is 12.6. The third kappa shape index (κ3) is 6.15. The fraction of sp³-hybridized carbons (Fsp3) is 0.382. The highest BCUT2D eigenvalue weighted by Crippen LogP contribution is 2.29. The van der Waals surface area contributed by atoms with Crippen LogP contribution in [0.3, 0.4) is 0 Å². The normalized spacial score (nSPS) is 15.6. The van der Waals surface area contributed by atoms with Gasteiger partial charge in [-0.25, -0.2) is 24.7 Å². The number of carbonyl (C=O) groups is 1. The van der Waals surface area contributed by atoms with Crippen LogP contribution in [0.4, 0.5) is 22.1 Å². The minimum absolute atomic E-state index is 0.0699. The van der Waals surface area contributed by atoms with Gasteiger partial charge in [0.15, 0.2) is 0 Å². The Morgan fingerprint density at radius 1 is 1.02 bits per heavy atom. The number of fused-ring (bicyclic) bond motifs is 2. The van der Waals surface area contributed by atoms with Crippen LogP contribution in [0.5, 0.6) is 0 Å². The van der Waals surface area contributed by atoms with Gasteiger partial charge in [0.2, 0.25) is 0 Å².